The van der Waals surface area contributed by atoms with Gasteiger partial charge in [-0.1, -0.05) is 29.3 Å². The summed E-state index contributed by atoms with van der Waals surface area (Å²) in [5.74, 6) is -0.366. The van der Waals surface area contributed by atoms with E-state index >= 15 is 0 Å². The van der Waals surface area contributed by atoms with E-state index in [-0.39, 0.29) is 25.6 Å². The lowest BCUT2D eigenvalue weighted by molar-refractivity contribution is -0.145. The van der Waals surface area contributed by atoms with Gasteiger partial charge in [0.2, 0.25) is 0 Å². The molecule has 0 saturated carbocycles. The Balaban J connectivity index is 1.68. The van der Waals surface area contributed by atoms with Crippen LogP contribution in [-0.2, 0) is 28.1 Å². The van der Waals surface area contributed by atoms with Gasteiger partial charge in [0.05, 0.1) is 13.2 Å². The van der Waals surface area contributed by atoms with Crippen molar-refractivity contribution in [1.82, 2.24) is 14.6 Å². The number of aryl methyl sites for hydroxylation is 1. The zero-order valence-electron chi connectivity index (χ0n) is 20.1. The fourth-order valence-electron chi connectivity index (χ4n) is 3.09. The molecule has 0 spiro atoms. The molecular weight excluding hydrogens is 561 g/mol. The molecule has 1 aromatic carbocycles. The van der Waals surface area contributed by atoms with Crippen LogP contribution < -0.4 is 20.9 Å². The molecule has 2 aromatic rings. The second-order valence-corrected chi connectivity index (χ2v) is 10.7. The van der Waals surface area contributed by atoms with Gasteiger partial charge in [-0.15, -0.1) is 0 Å². The van der Waals surface area contributed by atoms with E-state index in [2.05, 4.69) is 26.0 Å². The summed E-state index contributed by atoms with van der Waals surface area (Å²) in [5, 5.41) is 2.59. The van der Waals surface area contributed by atoms with Crippen molar-refractivity contribution in [3.05, 3.63) is 61.3 Å². The molecule has 4 atom stereocenters. The number of H-pyrrole nitrogens is 1. The van der Waals surface area contributed by atoms with Crippen LogP contribution in [0.15, 0.2) is 44.5 Å². The number of hydrogen-bond acceptors (Lipinski definition) is 9. The van der Waals surface area contributed by atoms with Gasteiger partial charge in [0.1, 0.15) is 18.4 Å². The average Bonchev–Trinajstić information content (AvgIpc) is 3.30. The van der Waals surface area contributed by atoms with E-state index in [0.717, 1.165) is 10.9 Å². The number of ether oxygens (including phenoxy) is 3. The molecule has 1 fully saturated rings. The van der Waals surface area contributed by atoms with Gasteiger partial charge in [-0.3, -0.25) is 23.7 Å². The average molecular weight is 590 g/mol. The predicted molar refractivity (Wildman–Crippen MR) is 133 cm³/mol. The van der Waals surface area contributed by atoms with E-state index in [1.807, 2.05) is 6.92 Å². The highest BCUT2D eigenvalue weighted by Crippen LogP contribution is 2.45. The lowest BCUT2D eigenvalue weighted by Crippen LogP contribution is -2.36. The third kappa shape index (κ3) is 7.86. The molecule has 0 bridgehead atoms. The molecule has 1 aliphatic heterocycles. The number of hydrogen-bond donors (Lipinski definition) is 2. The third-order valence-electron chi connectivity index (χ3n) is 5.06. The van der Waals surface area contributed by atoms with E-state index in [1.54, 1.807) is 31.2 Å². The number of halogens is 1. The summed E-state index contributed by atoms with van der Waals surface area (Å²) in [5.41, 5.74) is -0.814. The highest BCUT2D eigenvalue weighted by atomic mass is 79.9. The number of nitrogens with zero attached hydrogens (tertiary/aromatic N) is 1. The van der Waals surface area contributed by atoms with Gasteiger partial charge >= 0.3 is 19.4 Å². The summed E-state index contributed by atoms with van der Waals surface area (Å²) in [6, 6.07) is 5.55. The number of rotatable bonds is 12. The SMILES string of the molecule is CCCCOC(=O)[C@@H](C)NP(=O)(OC[C@@H]1OC[C@H](n2cc(C)c(=O)[nH]c2=O)O1)Oc1ccc(Br)cc1. The second-order valence-electron chi connectivity index (χ2n) is 8.04. The molecule has 36 heavy (non-hydrogen) atoms. The number of carbonyl (C=O) groups is 1. The highest BCUT2D eigenvalue weighted by molar-refractivity contribution is 9.10. The van der Waals surface area contributed by atoms with Gasteiger partial charge in [0.25, 0.3) is 5.56 Å². The van der Waals surface area contributed by atoms with Crippen LogP contribution in [0.2, 0.25) is 0 Å². The molecular formula is C22H29BrN3O9P. The molecule has 0 aliphatic carbocycles. The summed E-state index contributed by atoms with van der Waals surface area (Å²) in [6.45, 7) is 4.90. The van der Waals surface area contributed by atoms with Crippen LogP contribution in [-0.4, -0.2) is 47.7 Å². The fraction of sp³-hybridized carbons (Fsp3) is 0.500. The van der Waals surface area contributed by atoms with Crippen molar-refractivity contribution >= 4 is 29.6 Å². The molecule has 1 aliphatic rings. The van der Waals surface area contributed by atoms with Crippen molar-refractivity contribution < 1.29 is 32.6 Å². The van der Waals surface area contributed by atoms with Gasteiger partial charge in [-0.25, -0.2) is 9.36 Å². The van der Waals surface area contributed by atoms with E-state index in [9.17, 15) is 18.9 Å². The summed E-state index contributed by atoms with van der Waals surface area (Å²) >= 11 is 3.32. The Morgan fingerprint density at radius 1 is 1.33 bits per heavy atom. The fourth-order valence-corrected chi connectivity index (χ4v) is 4.83. The second kappa shape index (κ2) is 12.8. The maximum Gasteiger partial charge on any atom is 0.459 e. The van der Waals surface area contributed by atoms with Crippen LogP contribution in [0.1, 0.15) is 38.5 Å². The normalized spacial score (nSPS) is 20.0. The van der Waals surface area contributed by atoms with E-state index in [4.69, 9.17) is 23.3 Å². The van der Waals surface area contributed by atoms with E-state index in [1.165, 1.54) is 17.7 Å². The Hall–Kier alpha value is -2.28. The Morgan fingerprint density at radius 3 is 2.75 bits per heavy atom. The summed E-state index contributed by atoms with van der Waals surface area (Å²) in [7, 11) is -4.12. The standard InChI is InChI=1S/C22H29BrN3O9P/c1-4-5-10-31-21(28)15(3)25-36(30,35-17-8-6-16(23)7-9-17)33-13-19-32-12-18(34-19)26-11-14(2)20(27)24-22(26)29/h6-9,11,15,18-19H,4-5,10,12-13H2,1-3H3,(H,25,30)(H,24,27,29)/t15-,18-,19-,36?/m1/s1. The van der Waals surface area contributed by atoms with Gasteiger partial charge < -0.3 is 18.7 Å². The van der Waals surface area contributed by atoms with Crippen LogP contribution >= 0.6 is 23.7 Å². The maximum absolute atomic E-state index is 13.6. The van der Waals surface area contributed by atoms with Crippen molar-refractivity contribution in [1.29, 1.82) is 0 Å². The number of aromatic nitrogens is 2. The minimum Gasteiger partial charge on any atom is -0.465 e. The minimum atomic E-state index is -4.12. The third-order valence-corrected chi connectivity index (χ3v) is 7.23. The maximum atomic E-state index is 13.6. The quantitative estimate of drug-likeness (QED) is 0.215. The van der Waals surface area contributed by atoms with E-state index < -0.39 is 43.5 Å². The molecule has 2 heterocycles. The van der Waals surface area contributed by atoms with Gasteiger partial charge in [-0.2, -0.15) is 5.09 Å². The number of nitrogens with one attached hydrogen (secondary N) is 2. The smallest absolute Gasteiger partial charge is 0.459 e. The number of aromatic amines is 1. The molecule has 0 radical (unpaired) electrons. The first kappa shape index (κ1) is 28.3. The Morgan fingerprint density at radius 2 is 2.06 bits per heavy atom. The van der Waals surface area contributed by atoms with Crippen LogP contribution in [0.3, 0.4) is 0 Å². The Kier molecular flexibility index (Phi) is 10.1. The first-order valence-electron chi connectivity index (χ1n) is 11.3. The van der Waals surface area contributed by atoms with Crippen LogP contribution in [0.5, 0.6) is 5.75 Å². The van der Waals surface area contributed by atoms with Gasteiger partial charge in [0.15, 0.2) is 12.5 Å². The lowest BCUT2D eigenvalue weighted by atomic mass is 10.3. The molecule has 0 amide bonds. The van der Waals surface area contributed by atoms with Crippen LogP contribution in [0.4, 0.5) is 0 Å². The summed E-state index contributed by atoms with van der Waals surface area (Å²) < 4.78 is 43.1. The molecule has 1 aromatic heterocycles. The van der Waals surface area contributed by atoms with Crippen LogP contribution in [0.25, 0.3) is 0 Å². The first-order chi connectivity index (χ1) is 17.1. The zero-order valence-corrected chi connectivity index (χ0v) is 22.6. The minimum absolute atomic E-state index is 0.00905. The molecule has 1 unspecified atom stereocenters. The van der Waals surface area contributed by atoms with E-state index in [0.29, 0.717) is 12.0 Å². The number of benzene rings is 1. The Bertz CT molecular complexity index is 1200. The van der Waals surface area contributed by atoms with Crippen molar-refractivity contribution in [3.8, 4) is 5.75 Å². The molecule has 14 heteroatoms. The molecule has 2 N–H and O–H groups in total. The first-order valence-corrected chi connectivity index (χ1v) is 13.7. The number of carbonyl (C=O) groups excluding carboxylic acids is 1. The van der Waals surface area contributed by atoms with Crippen molar-refractivity contribution in [3.63, 3.8) is 0 Å². The predicted octanol–water partition coefficient (Wildman–Crippen LogP) is 3.00. The van der Waals surface area contributed by atoms with Crippen molar-refractivity contribution in [2.45, 2.75) is 52.2 Å². The van der Waals surface area contributed by atoms with Crippen molar-refractivity contribution in [2.75, 3.05) is 19.8 Å². The van der Waals surface area contributed by atoms with Gasteiger partial charge in [-0.05, 0) is 44.5 Å². The molecule has 198 valence electrons. The Labute approximate surface area is 216 Å². The lowest BCUT2D eigenvalue weighted by Gasteiger charge is -2.24. The highest BCUT2D eigenvalue weighted by Gasteiger charge is 2.36. The topological polar surface area (TPSA) is 147 Å². The summed E-state index contributed by atoms with van der Waals surface area (Å²) in [4.78, 5) is 38.2. The monoisotopic (exact) mass is 589 g/mol. The zero-order chi connectivity index (χ0) is 26.3. The molecule has 3 rings (SSSR count). The number of unbranched alkanes of at least 4 members (excludes halogenated alkanes) is 1. The van der Waals surface area contributed by atoms with Crippen molar-refractivity contribution in [2.24, 2.45) is 0 Å². The number of esters is 1. The van der Waals surface area contributed by atoms with Gasteiger partial charge in [0, 0.05) is 16.2 Å². The summed E-state index contributed by atoms with van der Waals surface area (Å²) in [6.07, 6.45) is 1.11. The molecule has 1 saturated heterocycles. The molecule has 12 nitrogen and oxygen atoms in total. The van der Waals surface area contributed by atoms with Crippen LogP contribution in [0, 0.1) is 6.92 Å². The largest absolute Gasteiger partial charge is 0.465 e.